The molecule has 2 saturated heterocycles. The standard InChI is InChI=1S/C20H25N5O3S/c1-23-17(26)16(18(27)24(2)20(23)28)13-21-12-14-8-10-25(11-9-14)19(29)22-15-6-4-3-5-7-15/h3-7,13-14,16H,8-12H2,1-2H3,(H,22,29)/p+1. The van der Waals surface area contributed by atoms with Gasteiger partial charge in [0.05, 0.1) is 0 Å². The molecule has 0 aliphatic carbocycles. The molecular weight excluding hydrogens is 390 g/mol. The fourth-order valence-corrected chi connectivity index (χ4v) is 3.80. The van der Waals surface area contributed by atoms with Crippen LogP contribution < -0.4 is 10.3 Å². The fraction of sp³-hybridized carbons (Fsp3) is 0.450. The monoisotopic (exact) mass is 416 g/mol. The molecule has 2 aliphatic rings. The highest BCUT2D eigenvalue weighted by atomic mass is 32.1. The van der Waals surface area contributed by atoms with E-state index in [2.05, 4.69) is 15.2 Å². The molecule has 0 spiro atoms. The smallest absolute Gasteiger partial charge is 0.332 e. The molecule has 0 atom stereocenters. The second-order valence-electron chi connectivity index (χ2n) is 7.36. The van der Waals surface area contributed by atoms with E-state index >= 15 is 0 Å². The number of para-hydroxylation sites is 1. The lowest BCUT2D eigenvalue weighted by Crippen LogP contribution is -2.74. The number of carbonyl (C=O) groups excluding carboxylic acids is 3. The van der Waals surface area contributed by atoms with Crippen LogP contribution in [-0.4, -0.2) is 77.6 Å². The first-order chi connectivity index (χ1) is 13.9. The number of piperidine rings is 1. The predicted molar refractivity (Wildman–Crippen MR) is 113 cm³/mol. The molecule has 29 heavy (non-hydrogen) atoms. The highest BCUT2D eigenvalue weighted by Gasteiger charge is 2.43. The summed E-state index contributed by atoms with van der Waals surface area (Å²) in [7, 11) is 2.77. The summed E-state index contributed by atoms with van der Waals surface area (Å²) < 4.78 is 0. The van der Waals surface area contributed by atoms with Crippen LogP contribution in [0.5, 0.6) is 0 Å². The van der Waals surface area contributed by atoms with Gasteiger partial charge < -0.3 is 10.2 Å². The van der Waals surface area contributed by atoms with Crippen LogP contribution in [0.2, 0.25) is 0 Å². The van der Waals surface area contributed by atoms with E-state index in [-0.39, 0.29) is 0 Å². The summed E-state index contributed by atoms with van der Waals surface area (Å²) in [6, 6.07) is 9.26. The van der Waals surface area contributed by atoms with Crippen molar-refractivity contribution in [1.29, 1.82) is 0 Å². The lowest BCUT2D eigenvalue weighted by atomic mass is 9.97. The molecule has 4 amide bonds. The van der Waals surface area contributed by atoms with Crippen molar-refractivity contribution in [2.45, 2.75) is 12.8 Å². The van der Waals surface area contributed by atoms with E-state index in [1.54, 1.807) is 0 Å². The maximum Gasteiger partial charge on any atom is 0.332 e. The number of amides is 4. The SMILES string of the molecule is CN1C(=O)C(C=[NH+]CC2CCN(C(=S)Nc3ccccc3)CC2)C(=O)N(C)C1=O. The van der Waals surface area contributed by atoms with Crippen molar-refractivity contribution < 1.29 is 19.4 Å². The van der Waals surface area contributed by atoms with Gasteiger partial charge in [-0.1, -0.05) is 18.2 Å². The molecule has 1 aromatic carbocycles. The molecule has 0 bridgehead atoms. The molecule has 2 aliphatic heterocycles. The summed E-state index contributed by atoms with van der Waals surface area (Å²) in [4.78, 5) is 43.4. The molecular formula is C20H26N5O3S+. The third-order valence-electron chi connectivity index (χ3n) is 5.38. The van der Waals surface area contributed by atoms with Gasteiger partial charge in [0.15, 0.2) is 17.2 Å². The highest BCUT2D eigenvalue weighted by molar-refractivity contribution is 7.80. The third-order valence-corrected chi connectivity index (χ3v) is 5.75. The van der Waals surface area contributed by atoms with Gasteiger partial charge in [0.2, 0.25) is 0 Å². The van der Waals surface area contributed by atoms with Gasteiger partial charge in [-0.05, 0) is 37.2 Å². The average molecular weight is 417 g/mol. The topological polar surface area (TPSA) is 86.9 Å². The normalized spacial score (nSPS) is 19.4. The molecule has 8 nitrogen and oxygen atoms in total. The average Bonchev–Trinajstić information content (AvgIpc) is 2.74. The van der Waals surface area contributed by atoms with E-state index in [1.165, 1.54) is 20.3 Å². The Morgan fingerprint density at radius 3 is 2.28 bits per heavy atom. The number of nitrogens with zero attached hydrogens (tertiary/aromatic N) is 3. The number of nitrogens with one attached hydrogen (secondary N) is 2. The molecule has 154 valence electrons. The van der Waals surface area contributed by atoms with Crippen LogP contribution in [0.4, 0.5) is 10.5 Å². The lowest BCUT2D eigenvalue weighted by molar-refractivity contribution is -0.463. The van der Waals surface area contributed by atoms with Gasteiger partial charge in [0, 0.05) is 38.8 Å². The number of barbiturate groups is 1. The van der Waals surface area contributed by atoms with Crippen molar-refractivity contribution in [1.82, 2.24) is 14.7 Å². The number of hydrogen-bond acceptors (Lipinski definition) is 4. The number of carbonyl (C=O) groups is 3. The predicted octanol–water partition coefficient (Wildman–Crippen LogP) is -0.0866. The van der Waals surface area contributed by atoms with Gasteiger partial charge in [-0.25, -0.2) is 4.79 Å². The molecule has 0 saturated carbocycles. The fourth-order valence-electron chi connectivity index (χ4n) is 3.50. The van der Waals surface area contributed by atoms with E-state index in [1.807, 2.05) is 30.3 Å². The Hall–Kier alpha value is -2.81. The molecule has 0 radical (unpaired) electrons. The largest absolute Gasteiger partial charge is 0.349 e. The second kappa shape index (κ2) is 9.13. The molecule has 2 fully saturated rings. The zero-order valence-corrected chi connectivity index (χ0v) is 17.4. The van der Waals surface area contributed by atoms with Gasteiger partial charge in [-0.2, -0.15) is 0 Å². The minimum Gasteiger partial charge on any atom is -0.349 e. The maximum atomic E-state index is 12.2. The zero-order chi connectivity index (χ0) is 21.0. The molecule has 9 heteroatoms. The van der Waals surface area contributed by atoms with E-state index < -0.39 is 23.8 Å². The molecule has 1 aromatic rings. The first-order valence-corrected chi connectivity index (χ1v) is 10.1. The highest BCUT2D eigenvalue weighted by Crippen LogP contribution is 2.17. The summed E-state index contributed by atoms with van der Waals surface area (Å²) in [5, 5.41) is 3.98. The summed E-state index contributed by atoms with van der Waals surface area (Å²) >= 11 is 5.51. The Bertz CT molecular complexity index is 797. The van der Waals surface area contributed by atoms with Gasteiger partial charge in [0.1, 0.15) is 6.54 Å². The quantitative estimate of drug-likeness (QED) is 0.405. The second-order valence-corrected chi connectivity index (χ2v) is 7.74. The van der Waals surface area contributed by atoms with Crippen LogP contribution in [0.15, 0.2) is 30.3 Å². The van der Waals surface area contributed by atoms with Gasteiger partial charge >= 0.3 is 6.03 Å². The van der Waals surface area contributed by atoms with Crippen LogP contribution in [-0.2, 0) is 9.59 Å². The number of anilines is 1. The van der Waals surface area contributed by atoms with Gasteiger partial charge in [0.25, 0.3) is 11.8 Å². The minimum absolute atomic E-state index is 0.424. The Morgan fingerprint density at radius 1 is 1.10 bits per heavy atom. The molecule has 2 heterocycles. The number of benzene rings is 1. The Balaban J connectivity index is 1.47. The minimum atomic E-state index is -0.967. The first kappa shape index (κ1) is 20.9. The number of urea groups is 1. The van der Waals surface area contributed by atoms with Crippen molar-refractivity contribution in [3.8, 4) is 0 Å². The van der Waals surface area contributed by atoms with Crippen molar-refractivity contribution in [2.24, 2.45) is 11.8 Å². The number of imide groups is 2. The van der Waals surface area contributed by atoms with E-state index in [4.69, 9.17) is 12.2 Å². The Labute approximate surface area is 175 Å². The van der Waals surface area contributed by atoms with Crippen molar-refractivity contribution >= 4 is 47.1 Å². The van der Waals surface area contributed by atoms with Crippen molar-refractivity contribution in [3.05, 3.63) is 30.3 Å². The van der Waals surface area contributed by atoms with Crippen LogP contribution >= 0.6 is 12.2 Å². The summed E-state index contributed by atoms with van der Waals surface area (Å²) in [5.41, 5.74) is 0.978. The Morgan fingerprint density at radius 2 is 1.69 bits per heavy atom. The summed E-state index contributed by atoms with van der Waals surface area (Å²) in [5.74, 6) is -1.55. The Kier molecular flexibility index (Phi) is 6.58. The number of likely N-dealkylation sites (tertiary alicyclic amines) is 1. The van der Waals surface area contributed by atoms with E-state index in [0.29, 0.717) is 12.5 Å². The third kappa shape index (κ3) is 4.79. The van der Waals surface area contributed by atoms with Gasteiger partial charge in [-0.15, -0.1) is 0 Å². The summed E-state index contributed by atoms with van der Waals surface area (Å²) in [6.07, 6.45) is 3.43. The van der Waals surface area contributed by atoms with Crippen LogP contribution in [0.3, 0.4) is 0 Å². The zero-order valence-electron chi connectivity index (χ0n) is 16.6. The van der Waals surface area contributed by atoms with Crippen LogP contribution in [0, 0.1) is 11.8 Å². The van der Waals surface area contributed by atoms with Crippen molar-refractivity contribution in [2.75, 3.05) is 39.0 Å². The number of hydrogen-bond donors (Lipinski definition) is 2. The first-order valence-electron chi connectivity index (χ1n) is 9.65. The van der Waals surface area contributed by atoms with E-state index in [0.717, 1.165) is 46.5 Å². The lowest BCUT2D eigenvalue weighted by Gasteiger charge is -2.32. The van der Waals surface area contributed by atoms with Gasteiger partial charge in [-0.3, -0.25) is 24.4 Å². The molecule has 0 aromatic heterocycles. The molecule has 2 N–H and O–H groups in total. The van der Waals surface area contributed by atoms with Crippen LogP contribution in [0.25, 0.3) is 0 Å². The molecule has 3 rings (SSSR count). The summed E-state index contributed by atoms with van der Waals surface area (Å²) in [6.45, 7) is 2.38. The maximum absolute atomic E-state index is 12.2. The van der Waals surface area contributed by atoms with E-state index in [9.17, 15) is 14.4 Å². The van der Waals surface area contributed by atoms with Crippen molar-refractivity contribution in [3.63, 3.8) is 0 Å². The molecule has 0 unspecified atom stereocenters. The number of thiocarbonyl (C=S) groups is 1. The van der Waals surface area contributed by atoms with Crippen LogP contribution in [0.1, 0.15) is 12.8 Å². The number of rotatable bonds is 4.